The normalized spacial score (nSPS) is 12.6. The monoisotopic (exact) mass is 273 g/mol. The molecule has 1 N–H and O–H groups in total. The van der Waals surface area contributed by atoms with Crippen LogP contribution in [0.25, 0.3) is 0 Å². The molecule has 0 fully saturated rings. The average Bonchev–Trinajstić information content (AvgIpc) is 2.86. The van der Waals surface area contributed by atoms with Crippen molar-refractivity contribution in [2.45, 2.75) is 33.4 Å². The van der Waals surface area contributed by atoms with E-state index < -0.39 is 0 Å². The fraction of sp³-hybridized carbons (Fsp3) is 0.412. The van der Waals surface area contributed by atoms with Crippen molar-refractivity contribution in [3.05, 3.63) is 58.5 Å². The van der Waals surface area contributed by atoms with Crippen LogP contribution in [0.4, 0.5) is 0 Å². The summed E-state index contributed by atoms with van der Waals surface area (Å²) in [6.45, 7) is 7.76. The molecule has 1 unspecified atom stereocenters. The molecule has 1 aromatic heterocycles. The molecule has 0 aliphatic rings. The zero-order valence-corrected chi connectivity index (χ0v) is 12.7. The molecule has 0 bridgehead atoms. The summed E-state index contributed by atoms with van der Waals surface area (Å²) in [5.41, 5.74) is 3.82. The zero-order chi connectivity index (χ0) is 14.5. The van der Waals surface area contributed by atoms with Crippen molar-refractivity contribution in [1.29, 1.82) is 0 Å². The van der Waals surface area contributed by atoms with Gasteiger partial charge in [-0.1, -0.05) is 30.7 Å². The Balaban J connectivity index is 2.34. The van der Waals surface area contributed by atoms with Crippen LogP contribution in [-0.4, -0.2) is 13.7 Å². The minimum atomic E-state index is 0.0891. The van der Waals surface area contributed by atoms with Crippen LogP contribution in [0, 0.1) is 13.8 Å². The number of ether oxygens (including phenoxy) is 1. The minimum absolute atomic E-state index is 0.0891. The number of hydrogen-bond donors (Lipinski definition) is 1. The quantitative estimate of drug-likeness (QED) is 0.870. The van der Waals surface area contributed by atoms with E-state index in [1.54, 1.807) is 7.11 Å². The molecule has 1 heterocycles. The van der Waals surface area contributed by atoms with Gasteiger partial charge in [0.2, 0.25) is 0 Å². The number of hydrogen-bond acceptors (Lipinski definition) is 3. The number of methoxy groups -OCH3 is 1. The molecule has 0 saturated heterocycles. The van der Waals surface area contributed by atoms with Crippen molar-refractivity contribution in [3.8, 4) is 0 Å². The molecule has 0 aliphatic carbocycles. The highest BCUT2D eigenvalue weighted by Gasteiger charge is 2.18. The Hall–Kier alpha value is -1.58. The van der Waals surface area contributed by atoms with E-state index in [0.717, 1.165) is 18.1 Å². The molecule has 0 spiro atoms. The molecule has 3 heteroatoms. The Morgan fingerprint density at radius 1 is 1.20 bits per heavy atom. The van der Waals surface area contributed by atoms with E-state index in [0.29, 0.717) is 6.61 Å². The van der Waals surface area contributed by atoms with Gasteiger partial charge in [-0.25, -0.2) is 0 Å². The van der Waals surface area contributed by atoms with Gasteiger partial charge >= 0.3 is 0 Å². The SMILES string of the molecule is CCNC(c1ccc(COC)o1)c1ccc(C)cc1C. The number of aryl methyl sites for hydroxylation is 2. The van der Waals surface area contributed by atoms with Crippen LogP contribution in [0.3, 0.4) is 0 Å². The van der Waals surface area contributed by atoms with Gasteiger partial charge in [0.1, 0.15) is 18.1 Å². The minimum Gasteiger partial charge on any atom is -0.462 e. The highest BCUT2D eigenvalue weighted by atomic mass is 16.5. The lowest BCUT2D eigenvalue weighted by atomic mass is 9.97. The fourth-order valence-electron chi connectivity index (χ4n) is 2.49. The maximum absolute atomic E-state index is 5.89. The van der Waals surface area contributed by atoms with Gasteiger partial charge < -0.3 is 14.5 Å². The molecular formula is C17H23NO2. The summed E-state index contributed by atoms with van der Waals surface area (Å²) in [6.07, 6.45) is 0. The molecule has 0 amide bonds. The number of rotatable bonds is 6. The highest BCUT2D eigenvalue weighted by Crippen LogP contribution is 2.27. The molecule has 2 rings (SSSR count). The van der Waals surface area contributed by atoms with Crippen LogP contribution < -0.4 is 5.32 Å². The van der Waals surface area contributed by atoms with Crippen LogP contribution in [0.2, 0.25) is 0 Å². The molecule has 1 atom stereocenters. The summed E-state index contributed by atoms with van der Waals surface area (Å²) >= 11 is 0. The Morgan fingerprint density at radius 3 is 2.65 bits per heavy atom. The van der Waals surface area contributed by atoms with E-state index in [2.05, 4.69) is 44.3 Å². The van der Waals surface area contributed by atoms with Gasteiger partial charge in [0.05, 0.1) is 6.04 Å². The molecule has 0 saturated carbocycles. The molecule has 0 radical (unpaired) electrons. The largest absolute Gasteiger partial charge is 0.462 e. The first kappa shape index (κ1) is 14.8. The van der Waals surface area contributed by atoms with Gasteiger partial charge in [0.25, 0.3) is 0 Å². The fourth-order valence-corrected chi connectivity index (χ4v) is 2.49. The van der Waals surface area contributed by atoms with Crippen LogP contribution in [-0.2, 0) is 11.3 Å². The summed E-state index contributed by atoms with van der Waals surface area (Å²) in [6, 6.07) is 10.6. The van der Waals surface area contributed by atoms with E-state index in [1.807, 2.05) is 12.1 Å². The second-order valence-corrected chi connectivity index (χ2v) is 5.09. The number of furan rings is 1. The Labute approximate surface area is 121 Å². The molecular weight excluding hydrogens is 250 g/mol. The Kier molecular flexibility index (Phi) is 4.99. The van der Waals surface area contributed by atoms with Gasteiger partial charge in [-0.3, -0.25) is 0 Å². The third-order valence-corrected chi connectivity index (χ3v) is 3.40. The van der Waals surface area contributed by atoms with Crippen molar-refractivity contribution in [3.63, 3.8) is 0 Å². The number of nitrogens with one attached hydrogen (secondary N) is 1. The van der Waals surface area contributed by atoms with E-state index in [4.69, 9.17) is 9.15 Å². The second-order valence-electron chi connectivity index (χ2n) is 5.09. The average molecular weight is 273 g/mol. The Morgan fingerprint density at radius 2 is 2.00 bits per heavy atom. The van der Waals surface area contributed by atoms with Crippen molar-refractivity contribution in [2.75, 3.05) is 13.7 Å². The third-order valence-electron chi connectivity index (χ3n) is 3.40. The molecule has 2 aromatic rings. The van der Waals surface area contributed by atoms with Gasteiger partial charge in [0.15, 0.2) is 0 Å². The van der Waals surface area contributed by atoms with E-state index in [1.165, 1.54) is 16.7 Å². The molecule has 108 valence electrons. The summed E-state index contributed by atoms with van der Waals surface area (Å²) in [5.74, 6) is 1.79. The third kappa shape index (κ3) is 3.30. The van der Waals surface area contributed by atoms with E-state index in [-0.39, 0.29) is 6.04 Å². The lowest BCUT2D eigenvalue weighted by Crippen LogP contribution is -2.22. The maximum Gasteiger partial charge on any atom is 0.129 e. The summed E-state index contributed by atoms with van der Waals surface area (Å²) in [4.78, 5) is 0. The van der Waals surface area contributed by atoms with Gasteiger partial charge in [-0.15, -0.1) is 0 Å². The first-order valence-electron chi connectivity index (χ1n) is 7.03. The van der Waals surface area contributed by atoms with Crippen LogP contribution in [0.15, 0.2) is 34.7 Å². The second kappa shape index (κ2) is 6.73. The maximum atomic E-state index is 5.89. The van der Waals surface area contributed by atoms with Gasteiger partial charge in [0, 0.05) is 7.11 Å². The smallest absolute Gasteiger partial charge is 0.129 e. The standard InChI is InChI=1S/C17H23NO2/c1-5-18-17(15-8-6-12(2)10-13(15)3)16-9-7-14(20-16)11-19-4/h6-10,17-18H,5,11H2,1-4H3. The predicted molar refractivity (Wildman–Crippen MR) is 80.9 cm³/mol. The molecule has 20 heavy (non-hydrogen) atoms. The van der Waals surface area contributed by atoms with Crippen molar-refractivity contribution in [1.82, 2.24) is 5.32 Å². The van der Waals surface area contributed by atoms with Crippen molar-refractivity contribution < 1.29 is 9.15 Å². The highest BCUT2D eigenvalue weighted by molar-refractivity contribution is 5.36. The first-order valence-corrected chi connectivity index (χ1v) is 7.03. The number of benzene rings is 1. The predicted octanol–water partition coefficient (Wildman–Crippen LogP) is 3.74. The van der Waals surface area contributed by atoms with Crippen LogP contribution in [0.5, 0.6) is 0 Å². The van der Waals surface area contributed by atoms with Gasteiger partial charge in [-0.2, -0.15) is 0 Å². The topological polar surface area (TPSA) is 34.4 Å². The zero-order valence-electron chi connectivity index (χ0n) is 12.7. The molecule has 3 nitrogen and oxygen atoms in total. The lowest BCUT2D eigenvalue weighted by Gasteiger charge is -2.18. The molecule has 1 aromatic carbocycles. The van der Waals surface area contributed by atoms with Crippen molar-refractivity contribution in [2.24, 2.45) is 0 Å². The Bertz CT molecular complexity index is 560. The first-order chi connectivity index (χ1) is 9.65. The van der Waals surface area contributed by atoms with E-state index in [9.17, 15) is 0 Å². The molecule has 0 aliphatic heterocycles. The summed E-state index contributed by atoms with van der Waals surface area (Å²) in [7, 11) is 1.67. The van der Waals surface area contributed by atoms with E-state index >= 15 is 0 Å². The van der Waals surface area contributed by atoms with Crippen LogP contribution in [0.1, 0.15) is 41.2 Å². The van der Waals surface area contributed by atoms with Crippen LogP contribution >= 0.6 is 0 Å². The summed E-state index contributed by atoms with van der Waals surface area (Å²) < 4.78 is 11.0. The van der Waals surface area contributed by atoms with Gasteiger partial charge in [-0.05, 0) is 43.7 Å². The van der Waals surface area contributed by atoms with Crippen molar-refractivity contribution >= 4 is 0 Å². The summed E-state index contributed by atoms with van der Waals surface area (Å²) in [5, 5.41) is 3.50. The lowest BCUT2D eigenvalue weighted by molar-refractivity contribution is 0.162.